The van der Waals surface area contributed by atoms with Gasteiger partial charge in [-0.15, -0.1) is 0 Å². The third-order valence-electron chi connectivity index (χ3n) is 2.79. The van der Waals surface area contributed by atoms with Gasteiger partial charge in [-0.1, -0.05) is 0 Å². The molecule has 0 radical (unpaired) electrons. The van der Waals surface area contributed by atoms with Crippen LogP contribution in [0.1, 0.15) is 41.5 Å². The highest BCUT2D eigenvalue weighted by Crippen LogP contribution is 2.06. The maximum Gasteiger partial charge on any atom is 0.408 e. The van der Waals surface area contributed by atoms with E-state index in [4.69, 9.17) is 4.74 Å². The van der Waals surface area contributed by atoms with Crippen molar-refractivity contribution in [3.8, 4) is 0 Å². The smallest absolute Gasteiger partial charge is 0.408 e. The van der Waals surface area contributed by atoms with Gasteiger partial charge in [0.1, 0.15) is 23.7 Å². The number of methoxy groups -OCH3 is 1. The third kappa shape index (κ3) is 8.35. The largest absolute Gasteiger partial charge is 0.467 e. The van der Waals surface area contributed by atoms with Crippen molar-refractivity contribution in [1.82, 2.24) is 16.0 Å². The fourth-order valence-corrected chi connectivity index (χ4v) is 1.53. The summed E-state index contributed by atoms with van der Waals surface area (Å²) in [5, 5.41) is 7.21. The van der Waals surface area contributed by atoms with Crippen LogP contribution in [-0.2, 0) is 23.9 Å². The van der Waals surface area contributed by atoms with Gasteiger partial charge in [-0.05, 0) is 41.5 Å². The number of amides is 3. The Bertz CT molecular complexity index is 486. The van der Waals surface area contributed by atoms with Crippen molar-refractivity contribution >= 4 is 23.9 Å². The molecular formula is C15H27N3O6. The van der Waals surface area contributed by atoms with Gasteiger partial charge in [0.15, 0.2) is 0 Å². The molecule has 0 bridgehead atoms. The number of ether oxygens (including phenoxy) is 2. The summed E-state index contributed by atoms with van der Waals surface area (Å²) in [5.74, 6) is -1.71. The first-order chi connectivity index (χ1) is 10.9. The molecule has 0 heterocycles. The van der Waals surface area contributed by atoms with Crippen LogP contribution in [0, 0.1) is 0 Å². The molecule has 0 saturated heterocycles. The van der Waals surface area contributed by atoms with Crippen LogP contribution in [0.2, 0.25) is 0 Å². The number of carbonyl (C=O) groups excluding carboxylic acids is 4. The molecule has 0 fully saturated rings. The van der Waals surface area contributed by atoms with Gasteiger partial charge >= 0.3 is 12.1 Å². The normalized spacial score (nSPS) is 14.6. The van der Waals surface area contributed by atoms with Gasteiger partial charge in [0, 0.05) is 0 Å². The lowest BCUT2D eigenvalue weighted by Gasteiger charge is -2.22. The van der Waals surface area contributed by atoms with Gasteiger partial charge in [-0.3, -0.25) is 9.59 Å². The van der Waals surface area contributed by atoms with Gasteiger partial charge in [-0.2, -0.15) is 0 Å². The molecule has 0 aliphatic heterocycles. The molecule has 3 atom stereocenters. The topological polar surface area (TPSA) is 123 Å². The number of alkyl carbamates (subject to hydrolysis) is 1. The van der Waals surface area contributed by atoms with Crippen LogP contribution in [0.25, 0.3) is 0 Å². The van der Waals surface area contributed by atoms with Gasteiger partial charge in [-0.25, -0.2) is 9.59 Å². The zero-order chi connectivity index (χ0) is 19.1. The maximum absolute atomic E-state index is 12.0. The van der Waals surface area contributed by atoms with Crippen molar-refractivity contribution in [3.63, 3.8) is 0 Å². The van der Waals surface area contributed by atoms with Crippen LogP contribution >= 0.6 is 0 Å². The van der Waals surface area contributed by atoms with Crippen molar-refractivity contribution in [3.05, 3.63) is 0 Å². The molecule has 0 aliphatic rings. The number of rotatable bonds is 6. The van der Waals surface area contributed by atoms with Crippen LogP contribution in [0.3, 0.4) is 0 Å². The Labute approximate surface area is 141 Å². The molecule has 0 rings (SSSR count). The van der Waals surface area contributed by atoms with Crippen LogP contribution in [0.4, 0.5) is 4.79 Å². The molecule has 0 aliphatic carbocycles. The molecule has 3 N–H and O–H groups in total. The summed E-state index contributed by atoms with van der Waals surface area (Å²) in [6, 6.07) is -2.63. The van der Waals surface area contributed by atoms with E-state index in [0.29, 0.717) is 0 Å². The van der Waals surface area contributed by atoms with Crippen molar-refractivity contribution in [2.24, 2.45) is 0 Å². The summed E-state index contributed by atoms with van der Waals surface area (Å²) in [6.45, 7) is 9.48. The quantitative estimate of drug-likeness (QED) is 0.586. The van der Waals surface area contributed by atoms with Gasteiger partial charge in [0.25, 0.3) is 0 Å². The number of carbonyl (C=O) groups is 4. The van der Waals surface area contributed by atoms with E-state index in [9.17, 15) is 19.2 Å². The number of hydrogen-bond donors (Lipinski definition) is 3. The summed E-state index contributed by atoms with van der Waals surface area (Å²) >= 11 is 0. The lowest BCUT2D eigenvalue weighted by Crippen LogP contribution is -2.54. The second kappa shape index (κ2) is 9.09. The van der Waals surface area contributed by atoms with Gasteiger partial charge in [0.2, 0.25) is 11.8 Å². The van der Waals surface area contributed by atoms with Crippen LogP contribution in [0.15, 0.2) is 0 Å². The molecule has 9 heteroatoms. The second-order valence-corrected chi connectivity index (χ2v) is 6.35. The minimum atomic E-state index is -0.896. The summed E-state index contributed by atoms with van der Waals surface area (Å²) in [5.41, 5.74) is -0.683. The van der Waals surface area contributed by atoms with Crippen molar-refractivity contribution in [2.45, 2.75) is 65.3 Å². The van der Waals surface area contributed by atoms with E-state index in [1.807, 2.05) is 0 Å². The Balaban J connectivity index is 4.45. The Kier molecular flexibility index (Phi) is 8.21. The van der Waals surface area contributed by atoms with E-state index >= 15 is 0 Å². The van der Waals surface area contributed by atoms with Crippen LogP contribution < -0.4 is 16.0 Å². The molecule has 0 aromatic heterocycles. The summed E-state index contributed by atoms with van der Waals surface area (Å²) in [6.07, 6.45) is -0.735. The molecule has 0 spiro atoms. The second-order valence-electron chi connectivity index (χ2n) is 6.35. The highest BCUT2D eigenvalue weighted by Gasteiger charge is 2.25. The summed E-state index contributed by atoms with van der Waals surface area (Å²) in [7, 11) is 1.21. The van der Waals surface area contributed by atoms with E-state index < -0.39 is 47.6 Å². The number of hydrogen-bond acceptors (Lipinski definition) is 6. The standard InChI is InChI=1S/C15H27N3O6/c1-8(11(19)17-10(3)13(21)23-7)16-12(20)9(2)18-14(22)24-15(4,5)6/h8-10H,1-7H3,(H,16,20)(H,17,19)(H,18,22). The van der Waals surface area contributed by atoms with E-state index in [1.165, 1.54) is 27.9 Å². The minimum absolute atomic E-state index is 0.550. The fraction of sp³-hybridized carbons (Fsp3) is 0.733. The average Bonchev–Trinajstić information content (AvgIpc) is 2.43. The predicted octanol–water partition coefficient (Wildman–Crippen LogP) is 0.0820. The SMILES string of the molecule is COC(=O)C(C)NC(=O)C(C)NC(=O)C(C)NC(=O)OC(C)(C)C. The van der Waals surface area contributed by atoms with Gasteiger partial charge in [0.05, 0.1) is 7.11 Å². The number of esters is 1. The average molecular weight is 345 g/mol. The van der Waals surface area contributed by atoms with Crippen LogP contribution in [0.5, 0.6) is 0 Å². The molecule has 24 heavy (non-hydrogen) atoms. The Morgan fingerprint density at radius 1 is 0.792 bits per heavy atom. The summed E-state index contributed by atoms with van der Waals surface area (Å²) < 4.78 is 9.53. The van der Waals surface area contributed by atoms with E-state index in [0.717, 1.165) is 0 Å². The lowest BCUT2D eigenvalue weighted by atomic mass is 10.2. The first kappa shape index (κ1) is 21.7. The zero-order valence-corrected chi connectivity index (χ0v) is 15.2. The Morgan fingerprint density at radius 2 is 1.21 bits per heavy atom. The molecule has 0 aromatic carbocycles. The maximum atomic E-state index is 12.0. The van der Waals surface area contributed by atoms with E-state index in [2.05, 4.69) is 20.7 Å². The van der Waals surface area contributed by atoms with Crippen molar-refractivity contribution < 1.29 is 28.7 Å². The molecule has 138 valence electrons. The van der Waals surface area contributed by atoms with Crippen LogP contribution in [-0.4, -0.2) is 54.7 Å². The molecule has 3 unspecified atom stereocenters. The highest BCUT2D eigenvalue weighted by atomic mass is 16.6. The summed E-state index contributed by atoms with van der Waals surface area (Å²) in [4.78, 5) is 46.7. The molecule has 9 nitrogen and oxygen atoms in total. The Morgan fingerprint density at radius 3 is 1.62 bits per heavy atom. The van der Waals surface area contributed by atoms with E-state index in [1.54, 1.807) is 20.8 Å². The third-order valence-corrected chi connectivity index (χ3v) is 2.79. The van der Waals surface area contributed by atoms with E-state index in [-0.39, 0.29) is 0 Å². The zero-order valence-electron chi connectivity index (χ0n) is 15.2. The predicted molar refractivity (Wildman–Crippen MR) is 86.1 cm³/mol. The molecule has 3 amide bonds. The first-order valence-corrected chi connectivity index (χ1v) is 7.55. The van der Waals surface area contributed by atoms with Crippen molar-refractivity contribution in [1.29, 1.82) is 0 Å². The molecule has 0 saturated carbocycles. The molecule has 0 aromatic rings. The lowest BCUT2D eigenvalue weighted by molar-refractivity contribution is -0.144. The van der Waals surface area contributed by atoms with Gasteiger partial charge < -0.3 is 25.4 Å². The monoisotopic (exact) mass is 345 g/mol. The fourth-order valence-electron chi connectivity index (χ4n) is 1.53. The highest BCUT2D eigenvalue weighted by molar-refractivity contribution is 5.92. The Hall–Kier alpha value is -2.32. The first-order valence-electron chi connectivity index (χ1n) is 7.55. The molecular weight excluding hydrogens is 318 g/mol. The number of nitrogens with one attached hydrogen (secondary N) is 3. The minimum Gasteiger partial charge on any atom is -0.467 e. The van der Waals surface area contributed by atoms with Crippen molar-refractivity contribution in [2.75, 3.05) is 7.11 Å².